The molecule has 1 fully saturated rings. The number of nitro benzene ring substituents is 1. The average molecular weight is 323 g/mol. The van der Waals surface area contributed by atoms with Gasteiger partial charge in [0.15, 0.2) is 12.4 Å². The first kappa shape index (κ1) is 16.7. The number of nitro groups is 1. The van der Waals surface area contributed by atoms with Crippen molar-refractivity contribution < 1.29 is 28.7 Å². The van der Waals surface area contributed by atoms with Crippen LogP contribution in [-0.4, -0.2) is 37.2 Å². The Morgan fingerprint density at radius 3 is 2.57 bits per heavy atom. The summed E-state index contributed by atoms with van der Waals surface area (Å²) in [7, 11) is 1.30. The maximum Gasteiger partial charge on any atom is 0.344 e. The normalized spacial score (nSPS) is 14.7. The molecule has 0 unspecified atom stereocenters. The minimum absolute atomic E-state index is 0.0734. The molecule has 1 aliphatic carbocycles. The maximum atomic E-state index is 11.9. The van der Waals surface area contributed by atoms with Crippen LogP contribution in [0.25, 0.3) is 0 Å². The molecule has 0 heterocycles. The summed E-state index contributed by atoms with van der Waals surface area (Å²) in [6.45, 7) is 1.40. The van der Waals surface area contributed by atoms with Crippen LogP contribution in [0, 0.1) is 10.1 Å². The molecule has 0 aromatic heterocycles. The van der Waals surface area contributed by atoms with Gasteiger partial charge >= 0.3 is 17.6 Å². The Morgan fingerprint density at radius 1 is 1.35 bits per heavy atom. The third-order valence-corrected chi connectivity index (χ3v) is 3.69. The number of hydrogen-bond acceptors (Lipinski definition) is 7. The summed E-state index contributed by atoms with van der Waals surface area (Å²) < 4.78 is 14.7. The highest BCUT2D eigenvalue weighted by Crippen LogP contribution is 2.50. The molecule has 1 aromatic carbocycles. The first-order valence-electron chi connectivity index (χ1n) is 7.10. The van der Waals surface area contributed by atoms with E-state index in [9.17, 15) is 19.7 Å². The molecule has 0 N–H and O–H groups in total. The zero-order valence-electron chi connectivity index (χ0n) is 12.9. The van der Waals surface area contributed by atoms with Gasteiger partial charge in [0.1, 0.15) is 0 Å². The van der Waals surface area contributed by atoms with E-state index in [-0.39, 0.29) is 24.0 Å². The molecule has 2 rings (SSSR count). The quantitative estimate of drug-likeness (QED) is 0.427. The van der Waals surface area contributed by atoms with Gasteiger partial charge in [0.05, 0.1) is 24.1 Å². The Kier molecular flexibility index (Phi) is 4.83. The van der Waals surface area contributed by atoms with Gasteiger partial charge in [-0.1, -0.05) is 6.07 Å². The molecule has 8 nitrogen and oxygen atoms in total. The number of methoxy groups -OCH3 is 1. The zero-order chi connectivity index (χ0) is 17.0. The third-order valence-electron chi connectivity index (χ3n) is 3.69. The van der Waals surface area contributed by atoms with Crippen molar-refractivity contribution in [2.24, 2.45) is 0 Å². The number of rotatable bonds is 7. The zero-order valence-corrected chi connectivity index (χ0v) is 12.9. The highest BCUT2D eigenvalue weighted by atomic mass is 16.6. The Labute approximate surface area is 132 Å². The van der Waals surface area contributed by atoms with Crippen LogP contribution >= 0.6 is 0 Å². The number of hydrogen-bond donors (Lipinski definition) is 0. The van der Waals surface area contributed by atoms with E-state index in [4.69, 9.17) is 14.2 Å². The van der Waals surface area contributed by atoms with E-state index >= 15 is 0 Å². The lowest BCUT2D eigenvalue weighted by molar-refractivity contribution is -0.385. The Balaban J connectivity index is 2.28. The predicted molar refractivity (Wildman–Crippen MR) is 78.2 cm³/mol. The van der Waals surface area contributed by atoms with Crippen molar-refractivity contribution in [3.8, 4) is 5.75 Å². The predicted octanol–water partition coefficient (Wildman–Crippen LogP) is 1.74. The van der Waals surface area contributed by atoms with Crippen LogP contribution in [0.2, 0.25) is 0 Å². The molecular weight excluding hydrogens is 306 g/mol. The molecule has 124 valence electrons. The Hall–Kier alpha value is -2.64. The summed E-state index contributed by atoms with van der Waals surface area (Å²) >= 11 is 0. The van der Waals surface area contributed by atoms with Crippen LogP contribution in [0.15, 0.2) is 18.2 Å². The van der Waals surface area contributed by atoms with Crippen LogP contribution in [0.1, 0.15) is 25.3 Å². The number of carbonyl (C=O) groups is 2. The van der Waals surface area contributed by atoms with E-state index in [1.54, 1.807) is 6.92 Å². The largest absolute Gasteiger partial charge is 0.475 e. The standard InChI is InChI=1S/C15H17NO7/c1-3-22-13(17)9-23-12-8-10(4-5-11(12)16(19)20)15(6-7-15)14(18)21-2/h4-5,8H,3,6-7,9H2,1-2H3. The first-order valence-corrected chi connectivity index (χ1v) is 7.10. The van der Waals surface area contributed by atoms with E-state index in [2.05, 4.69) is 0 Å². The lowest BCUT2D eigenvalue weighted by Gasteiger charge is -2.14. The molecule has 8 heteroatoms. The van der Waals surface area contributed by atoms with Crippen LogP contribution in [0.5, 0.6) is 5.75 Å². The van der Waals surface area contributed by atoms with Gasteiger partial charge in [-0.15, -0.1) is 0 Å². The molecule has 1 saturated carbocycles. The second kappa shape index (κ2) is 6.64. The molecule has 0 spiro atoms. The smallest absolute Gasteiger partial charge is 0.344 e. The summed E-state index contributed by atoms with van der Waals surface area (Å²) in [4.78, 5) is 33.7. The number of esters is 2. The molecule has 0 amide bonds. The summed E-state index contributed by atoms with van der Waals surface area (Å²) in [6.07, 6.45) is 1.21. The topological polar surface area (TPSA) is 105 Å². The first-order chi connectivity index (χ1) is 10.9. The van der Waals surface area contributed by atoms with Gasteiger partial charge in [0.2, 0.25) is 0 Å². The summed E-state index contributed by atoms with van der Waals surface area (Å²) in [6, 6.07) is 4.19. The van der Waals surface area contributed by atoms with Gasteiger partial charge in [-0.2, -0.15) is 0 Å². The number of benzene rings is 1. The average Bonchev–Trinajstić information content (AvgIpc) is 3.33. The summed E-state index contributed by atoms with van der Waals surface area (Å²) in [5.41, 5.74) is -0.473. The van der Waals surface area contributed by atoms with Crippen molar-refractivity contribution in [2.45, 2.75) is 25.2 Å². The Morgan fingerprint density at radius 2 is 2.04 bits per heavy atom. The molecular formula is C15H17NO7. The fourth-order valence-electron chi connectivity index (χ4n) is 2.35. The van der Waals surface area contributed by atoms with E-state index < -0.39 is 22.9 Å². The highest BCUT2D eigenvalue weighted by molar-refractivity contribution is 5.87. The van der Waals surface area contributed by atoms with E-state index in [0.717, 1.165) is 0 Å². The van der Waals surface area contributed by atoms with Crippen molar-refractivity contribution in [3.05, 3.63) is 33.9 Å². The van der Waals surface area contributed by atoms with Gasteiger partial charge in [0, 0.05) is 6.07 Å². The second-order valence-electron chi connectivity index (χ2n) is 5.11. The molecule has 0 atom stereocenters. The number of ether oxygens (including phenoxy) is 3. The number of carbonyl (C=O) groups excluding carboxylic acids is 2. The fourth-order valence-corrected chi connectivity index (χ4v) is 2.35. The van der Waals surface area contributed by atoms with Gasteiger partial charge < -0.3 is 14.2 Å². The van der Waals surface area contributed by atoms with E-state index in [1.807, 2.05) is 0 Å². The minimum Gasteiger partial charge on any atom is -0.475 e. The van der Waals surface area contributed by atoms with Crippen LogP contribution in [-0.2, 0) is 24.5 Å². The van der Waals surface area contributed by atoms with Crippen molar-refractivity contribution in [1.82, 2.24) is 0 Å². The molecule has 0 saturated heterocycles. The lowest BCUT2D eigenvalue weighted by Crippen LogP contribution is -2.22. The summed E-state index contributed by atoms with van der Waals surface area (Å²) in [5.74, 6) is -1.08. The van der Waals surface area contributed by atoms with Gasteiger partial charge in [-0.25, -0.2) is 4.79 Å². The second-order valence-corrected chi connectivity index (χ2v) is 5.11. The van der Waals surface area contributed by atoms with Crippen LogP contribution in [0.4, 0.5) is 5.69 Å². The monoisotopic (exact) mass is 323 g/mol. The Bertz CT molecular complexity index is 637. The highest BCUT2D eigenvalue weighted by Gasteiger charge is 2.53. The van der Waals surface area contributed by atoms with Gasteiger partial charge in [0.25, 0.3) is 0 Å². The number of nitrogens with zero attached hydrogens (tertiary/aromatic N) is 1. The SMILES string of the molecule is CCOC(=O)COc1cc(C2(C(=O)OC)CC2)ccc1[N+](=O)[O-]. The molecule has 0 radical (unpaired) electrons. The maximum absolute atomic E-state index is 11.9. The fraction of sp³-hybridized carbons (Fsp3) is 0.467. The van der Waals surface area contributed by atoms with Gasteiger partial charge in [-0.05, 0) is 31.4 Å². The van der Waals surface area contributed by atoms with Crippen molar-refractivity contribution in [3.63, 3.8) is 0 Å². The van der Waals surface area contributed by atoms with E-state index in [1.165, 1.54) is 25.3 Å². The third kappa shape index (κ3) is 3.41. The van der Waals surface area contributed by atoms with Crippen LogP contribution in [0.3, 0.4) is 0 Å². The molecule has 0 bridgehead atoms. The van der Waals surface area contributed by atoms with Crippen molar-refractivity contribution in [2.75, 3.05) is 20.3 Å². The lowest BCUT2D eigenvalue weighted by atomic mass is 9.95. The van der Waals surface area contributed by atoms with Crippen molar-refractivity contribution in [1.29, 1.82) is 0 Å². The van der Waals surface area contributed by atoms with Crippen LogP contribution < -0.4 is 4.74 Å². The molecule has 23 heavy (non-hydrogen) atoms. The summed E-state index contributed by atoms with van der Waals surface area (Å²) in [5, 5.41) is 11.1. The molecule has 1 aliphatic rings. The van der Waals surface area contributed by atoms with E-state index in [0.29, 0.717) is 18.4 Å². The van der Waals surface area contributed by atoms with Gasteiger partial charge in [-0.3, -0.25) is 14.9 Å². The molecule has 0 aliphatic heterocycles. The van der Waals surface area contributed by atoms with Crippen molar-refractivity contribution >= 4 is 17.6 Å². The molecule has 1 aromatic rings. The minimum atomic E-state index is -0.772.